The molecule has 0 amide bonds. The molecule has 1 atom stereocenters. The summed E-state index contributed by atoms with van der Waals surface area (Å²) in [4.78, 5) is 16.2. The Labute approximate surface area is 128 Å². The minimum absolute atomic E-state index is 0.0140. The zero-order chi connectivity index (χ0) is 15.6. The lowest BCUT2D eigenvalue weighted by atomic mass is 9.84. The van der Waals surface area contributed by atoms with Gasteiger partial charge in [0.15, 0.2) is 0 Å². The van der Waals surface area contributed by atoms with Crippen molar-refractivity contribution in [3.05, 3.63) is 27.4 Å². The van der Waals surface area contributed by atoms with Crippen LogP contribution in [-0.4, -0.2) is 26.9 Å². The normalized spacial score (nSPS) is 13.7. The van der Waals surface area contributed by atoms with Crippen LogP contribution in [0.25, 0.3) is 4.96 Å². The van der Waals surface area contributed by atoms with Gasteiger partial charge >= 0.3 is 5.82 Å². The third-order valence-corrected chi connectivity index (χ3v) is 4.32. The molecule has 1 unspecified atom stereocenters. The lowest BCUT2D eigenvalue weighted by Gasteiger charge is -2.31. The van der Waals surface area contributed by atoms with E-state index in [0.717, 1.165) is 13.0 Å². The summed E-state index contributed by atoms with van der Waals surface area (Å²) in [6, 6.07) is 0.153. The van der Waals surface area contributed by atoms with Crippen LogP contribution in [0.3, 0.4) is 0 Å². The van der Waals surface area contributed by atoms with Gasteiger partial charge in [0.2, 0.25) is 0 Å². The van der Waals surface area contributed by atoms with E-state index in [-0.39, 0.29) is 22.2 Å². The molecule has 0 radical (unpaired) electrons. The number of nitrogens with zero attached hydrogens (tertiary/aromatic N) is 3. The van der Waals surface area contributed by atoms with Crippen molar-refractivity contribution in [3.63, 3.8) is 0 Å². The number of nitrogens with one attached hydrogen (secondary N) is 1. The lowest BCUT2D eigenvalue weighted by Crippen LogP contribution is -2.42. The van der Waals surface area contributed by atoms with Gasteiger partial charge in [-0.25, -0.2) is 0 Å². The average Bonchev–Trinajstić information content (AvgIpc) is 2.91. The molecular weight excluding hydrogens is 288 g/mol. The monoisotopic (exact) mass is 310 g/mol. The Bertz CT molecular complexity index is 626. The molecule has 21 heavy (non-hydrogen) atoms. The first-order valence-corrected chi connectivity index (χ1v) is 8.04. The maximum Gasteiger partial charge on any atom is 0.351 e. The Morgan fingerprint density at radius 1 is 1.52 bits per heavy atom. The molecule has 0 aliphatic carbocycles. The van der Waals surface area contributed by atoms with Gasteiger partial charge in [0.25, 0.3) is 4.96 Å². The molecule has 1 N–H and O–H groups in total. The van der Waals surface area contributed by atoms with E-state index in [1.54, 1.807) is 10.6 Å². The Balaban J connectivity index is 2.33. The standard InChI is InChI=1S/C14H22N4O2S/c1-5-6-15-11(14(2,3)4)9-10-12(18(19)20)17-7-8-21-13(17)16-10/h7-8,11,15H,5-6,9H2,1-4H3. The van der Waals surface area contributed by atoms with Gasteiger partial charge in [-0.1, -0.05) is 39.0 Å². The molecule has 0 bridgehead atoms. The van der Waals surface area contributed by atoms with Crippen LogP contribution in [0.4, 0.5) is 5.82 Å². The maximum absolute atomic E-state index is 11.4. The van der Waals surface area contributed by atoms with Gasteiger partial charge in [-0.05, 0) is 23.3 Å². The number of fused-ring (bicyclic) bond motifs is 1. The summed E-state index contributed by atoms with van der Waals surface area (Å²) < 4.78 is 1.57. The highest BCUT2D eigenvalue weighted by atomic mass is 32.1. The fraction of sp³-hybridized carbons (Fsp3) is 0.643. The van der Waals surface area contributed by atoms with Crippen molar-refractivity contribution >= 4 is 22.1 Å². The van der Waals surface area contributed by atoms with E-state index in [9.17, 15) is 10.1 Å². The van der Waals surface area contributed by atoms with Gasteiger partial charge in [-0.2, -0.15) is 9.38 Å². The molecule has 6 nitrogen and oxygen atoms in total. The molecule has 0 saturated heterocycles. The Kier molecular flexibility index (Phi) is 4.63. The van der Waals surface area contributed by atoms with E-state index < -0.39 is 0 Å². The van der Waals surface area contributed by atoms with Crippen molar-refractivity contribution < 1.29 is 4.92 Å². The maximum atomic E-state index is 11.4. The van der Waals surface area contributed by atoms with Gasteiger partial charge in [0, 0.05) is 17.8 Å². The second-order valence-corrected chi connectivity index (χ2v) is 7.14. The number of hydrogen-bond acceptors (Lipinski definition) is 5. The number of nitro groups is 1. The van der Waals surface area contributed by atoms with E-state index in [4.69, 9.17) is 0 Å². The zero-order valence-electron chi connectivity index (χ0n) is 12.9. The number of aromatic nitrogens is 2. The number of rotatable bonds is 6. The molecule has 116 valence electrons. The Morgan fingerprint density at radius 2 is 2.24 bits per heavy atom. The van der Waals surface area contributed by atoms with Crippen LogP contribution in [0.2, 0.25) is 0 Å². The summed E-state index contributed by atoms with van der Waals surface area (Å²) in [5.74, 6) is 0.0961. The molecule has 2 heterocycles. The first-order chi connectivity index (χ1) is 9.84. The van der Waals surface area contributed by atoms with E-state index in [1.807, 2.05) is 5.38 Å². The Hall–Kier alpha value is -1.47. The molecule has 0 saturated carbocycles. The van der Waals surface area contributed by atoms with Gasteiger partial charge in [-0.15, -0.1) is 0 Å². The van der Waals surface area contributed by atoms with Crippen molar-refractivity contribution in [2.24, 2.45) is 5.41 Å². The fourth-order valence-corrected chi connectivity index (χ4v) is 3.07. The molecule has 2 rings (SSSR count). The minimum Gasteiger partial charge on any atom is -0.358 e. The largest absolute Gasteiger partial charge is 0.358 e. The number of imidazole rings is 1. The van der Waals surface area contributed by atoms with Gasteiger partial charge in [-0.3, -0.25) is 0 Å². The van der Waals surface area contributed by atoms with E-state index >= 15 is 0 Å². The quantitative estimate of drug-likeness (QED) is 0.656. The SMILES string of the molecule is CCCNC(Cc1nc2sccn2c1[N+](=O)[O-])C(C)(C)C. The smallest absolute Gasteiger partial charge is 0.351 e. The second kappa shape index (κ2) is 6.11. The predicted molar refractivity (Wildman–Crippen MR) is 85.0 cm³/mol. The molecule has 0 spiro atoms. The fourth-order valence-electron chi connectivity index (χ4n) is 2.35. The third-order valence-electron chi connectivity index (χ3n) is 3.56. The molecule has 0 aliphatic heterocycles. The summed E-state index contributed by atoms with van der Waals surface area (Å²) in [7, 11) is 0. The molecule has 0 aromatic carbocycles. The number of thiazole rings is 1. The van der Waals surface area contributed by atoms with Crippen LogP contribution in [0, 0.1) is 15.5 Å². The molecule has 0 fully saturated rings. The predicted octanol–water partition coefficient (Wildman–Crippen LogP) is 3.26. The van der Waals surface area contributed by atoms with E-state index in [2.05, 4.69) is 38.0 Å². The zero-order valence-corrected chi connectivity index (χ0v) is 13.7. The van der Waals surface area contributed by atoms with Crippen molar-refractivity contribution in [1.29, 1.82) is 0 Å². The first-order valence-electron chi connectivity index (χ1n) is 7.16. The average molecular weight is 310 g/mol. The highest BCUT2D eigenvalue weighted by Crippen LogP contribution is 2.29. The Morgan fingerprint density at radius 3 is 2.81 bits per heavy atom. The van der Waals surface area contributed by atoms with Crippen molar-refractivity contribution in [1.82, 2.24) is 14.7 Å². The van der Waals surface area contributed by atoms with E-state index in [0.29, 0.717) is 17.1 Å². The summed E-state index contributed by atoms with van der Waals surface area (Å²) in [6.45, 7) is 9.44. The summed E-state index contributed by atoms with van der Waals surface area (Å²) in [6.07, 6.45) is 3.31. The van der Waals surface area contributed by atoms with Crippen molar-refractivity contribution in [2.75, 3.05) is 6.54 Å². The third kappa shape index (κ3) is 3.41. The molecular formula is C14H22N4O2S. The lowest BCUT2D eigenvalue weighted by molar-refractivity contribution is -0.391. The van der Waals surface area contributed by atoms with Crippen molar-refractivity contribution in [3.8, 4) is 0 Å². The highest BCUT2D eigenvalue weighted by Gasteiger charge is 2.30. The van der Waals surface area contributed by atoms with Crippen LogP contribution >= 0.6 is 11.3 Å². The number of hydrogen-bond donors (Lipinski definition) is 1. The van der Waals surface area contributed by atoms with Gasteiger partial charge in [0.05, 0.1) is 0 Å². The molecule has 2 aromatic rings. The topological polar surface area (TPSA) is 72.5 Å². The summed E-state index contributed by atoms with van der Waals surface area (Å²) >= 11 is 1.42. The van der Waals surface area contributed by atoms with Crippen LogP contribution in [0.1, 0.15) is 39.8 Å². The summed E-state index contributed by atoms with van der Waals surface area (Å²) in [5, 5.41) is 16.7. The van der Waals surface area contributed by atoms with Crippen LogP contribution in [0.15, 0.2) is 11.6 Å². The molecule has 0 aliphatic rings. The second-order valence-electron chi connectivity index (χ2n) is 6.27. The minimum atomic E-state index is -0.332. The van der Waals surface area contributed by atoms with Crippen LogP contribution < -0.4 is 5.32 Å². The highest BCUT2D eigenvalue weighted by molar-refractivity contribution is 7.15. The van der Waals surface area contributed by atoms with Crippen LogP contribution in [0.5, 0.6) is 0 Å². The molecule has 2 aromatic heterocycles. The first kappa shape index (κ1) is 15.9. The molecule has 7 heteroatoms. The van der Waals surface area contributed by atoms with E-state index in [1.165, 1.54) is 11.3 Å². The van der Waals surface area contributed by atoms with Gasteiger partial charge in [0.1, 0.15) is 11.9 Å². The van der Waals surface area contributed by atoms with Crippen LogP contribution in [-0.2, 0) is 6.42 Å². The van der Waals surface area contributed by atoms with Gasteiger partial charge < -0.3 is 15.4 Å². The van der Waals surface area contributed by atoms with Crippen molar-refractivity contribution in [2.45, 2.75) is 46.6 Å². The summed E-state index contributed by atoms with van der Waals surface area (Å²) in [5.41, 5.74) is 0.579.